The van der Waals surface area contributed by atoms with Gasteiger partial charge in [-0.2, -0.15) is 4.98 Å². The van der Waals surface area contributed by atoms with E-state index < -0.39 is 11.7 Å². The van der Waals surface area contributed by atoms with Crippen LogP contribution in [0, 0.1) is 11.2 Å². The predicted molar refractivity (Wildman–Crippen MR) is 124 cm³/mol. The van der Waals surface area contributed by atoms with Crippen molar-refractivity contribution in [3.63, 3.8) is 0 Å². The fourth-order valence-corrected chi connectivity index (χ4v) is 3.70. The number of hydrogen-bond acceptors (Lipinski definition) is 8. The molecular weight excluding hydrogens is 457 g/mol. The van der Waals surface area contributed by atoms with Crippen molar-refractivity contribution in [2.24, 2.45) is 5.41 Å². The predicted octanol–water partition coefficient (Wildman–Crippen LogP) is 2.84. The molecule has 1 saturated heterocycles. The van der Waals surface area contributed by atoms with Crippen LogP contribution < -0.4 is 4.74 Å². The highest BCUT2D eigenvalue weighted by Gasteiger charge is 2.41. The van der Waals surface area contributed by atoms with E-state index in [0.29, 0.717) is 41.7 Å². The number of aromatic nitrogens is 4. The molecule has 3 aromatic rings. The van der Waals surface area contributed by atoms with E-state index in [1.807, 2.05) is 0 Å². The third kappa shape index (κ3) is 5.47. The lowest BCUT2D eigenvalue weighted by Gasteiger charge is -2.36. The number of methoxy groups -OCH3 is 1. The maximum Gasteiger partial charge on any atom is 0.317 e. The monoisotopic (exact) mass is 485 g/mol. The van der Waals surface area contributed by atoms with Crippen molar-refractivity contribution >= 4 is 5.91 Å². The number of halogens is 1. The first-order chi connectivity index (χ1) is 16.8. The van der Waals surface area contributed by atoms with Crippen molar-refractivity contribution in [3.8, 4) is 28.7 Å². The number of benzene rings is 1. The number of amides is 1. The Kier molecular flexibility index (Phi) is 7.39. The van der Waals surface area contributed by atoms with Crippen molar-refractivity contribution in [3.05, 3.63) is 48.2 Å². The van der Waals surface area contributed by atoms with E-state index in [1.165, 1.54) is 17.0 Å². The van der Waals surface area contributed by atoms with Crippen molar-refractivity contribution in [2.45, 2.75) is 13.2 Å². The summed E-state index contributed by atoms with van der Waals surface area (Å²) in [6.45, 7) is 2.83. The van der Waals surface area contributed by atoms with Gasteiger partial charge in [0, 0.05) is 33.0 Å². The van der Waals surface area contributed by atoms with Crippen LogP contribution in [0.2, 0.25) is 0 Å². The van der Waals surface area contributed by atoms with Crippen LogP contribution in [0.1, 0.15) is 19.0 Å². The second-order valence-corrected chi connectivity index (χ2v) is 8.63. The molecule has 11 heteroatoms. The highest BCUT2D eigenvalue weighted by molar-refractivity contribution is 5.82. The summed E-state index contributed by atoms with van der Waals surface area (Å²) in [7, 11) is 4.97. The zero-order valence-corrected chi connectivity index (χ0v) is 20.1. The Morgan fingerprint density at radius 3 is 2.54 bits per heavy atom. The summed E-state index contributed by atoms with van der Waals surface area (Å²) in [5.74, 6) is -0.0325. The number of carbonyl (C=O) groups is 1. The third-order valence-corrected chi connectivity index (χ3v) is 5.50. The van der Waals surface area contributed by atoms with E-state index in [9.17, 15) is 9.18 Å². The van der Waals surface area contributed by atoms with Gasteiger partial charge in [0.2, 0.25) is 12.2 Å². The Morgan fingerprint density at radius 2 is 1.89 bits per heavy atom. The summed E-state index contributed by atoms with van der Waals surface area (Å²) in [5.41, 5.74) is 1.50. The van der Waals surface area contributed by atoms with E-state index in [2.05, 4.69) is 15.0 Å². The van der Waals surface area contributed by atoms with Gasteiger partial charge in [-0.3, -0.25) is 4.79 Å². The SMILES string of the molecule is COCCOc1nccc(-c2[nH]c(C3OCC(C)(C(=O)N(C)C)CO3)nc2-c2ccc(F)cc2)n1. The number of nitrogens with zero attached hydrogens (tertiary/aromatic N) is 4. The minimum Gasteiger partial charge on any atom is -0.461 e. The topological polar surface area (TPSA) is 112 Å². The molecule has 1 aliphatic rings. The zero-order chi connectivity index (χ0) is 25.0. The van der Waals surface area contributed by atoms with Crippen LogP contribution in [-0.2, 0) is 19.0 Å². The minimum absolute atomic E-state index is 0.0786. The lowest BCUT2D eigenvalue weighted by molar-refractivity contribution is -0.233. The molecule has 0 bridgehead atoms. The number of H-pyrrole nitrogens is 1. The Bertz CT molecular complexity index is 1160. The molecular formula is C24H28FN5O5. The highest BCUT2D eigenvalue weighted by atomic mass is 19.1. The van der Waals surface area contributed by atoms with Gasteiger partial charge in [0.05, 0.1) is 42.3 Å². The normalized spacial score (nSPS) is 20.0. The molecule has 2 aromatic heterocycles. The van der Waals surface area contributed by atoms with Gasteiger partial charge in [0.1, 0.15) is 12.4 Å². The van der Waals surface area contributed by atoms with Crippen LogP contribution in [0.25, 0.3) is 22.6 Å². The van der Waals surface area contributed by atoms with Crippen molar-refractivity contribution in [1.29, 1.82) is 0 Å². The Labute approximate surface area is 202 Å². The van der Waals surface area contributed by atoms with Crippen LogP contribution in [0.3, 0.4) is 0 Å². The van der Waals surface area contributed by atoms with E-state index in [1.54, 1.807) is 52.5 Å². The van der Waals surface area contributed by atoms with Crippen LogP contribution in [-0.4, -0.2) is 78.4 Å². The molecule has 0 radical (unpaired) electrons. The molecule has 4 rings (SSSR count). The average molecular weight is 486 g/mol. The molecule has 1 fully saturated rings. The molecule has 3 heterocycles. The second kappa shape index (κ2) is 10.5. The van der Waals surface area contributed by atoms with Gasteiger partial charge in [-0.05, 0) is 37.3 Å². The first-order valence-corrected chi connectivity index (χ1v) is 11.1. The summed E-state index contributed by atoms with van der Waals surface area (Å²) < 4.78 is 35.9. The minimum atomic E-state index is -0.815. The van der Waals surface area contributed by atoms with E-state index >= 15 is 0 Å². The van der Waals surface area contributed by atoms with Crippen LogP contribution >= 0.6 is 0 Å². The molecule has 0 aliphatic carbocycles. The zero-order valence-electron chi connectivity index (χ0n) is 20.1. The summed E-state index contributed by atoms with van der Waals surface area (Å²) in [6, 6.07) is 7.88. The van der Waals surface area contributed by atoms with Crippen LogP contribution in [0.4, 0.5) is 4.39 Å². The molecule has 0 spiro atoms. The number of aromatic amines is 1. The molecule has 1 amide bonds. The first-order valence-electron chi connectivity index (χ1n) is 11.1. The Balaban J connectivity index is 1.65. The van der Waals surface area contributed by atoms with Crippen LogP contribution in [0.15, 0.2) is 36.5 Å². The van der Waals surface area contributed by atoms with Gasteiger partial charge in [0.25, 0.3) is 0 Å². The fourth-order valence-electron chi connectivity index (χ4n) is 3.70. The molecule has 35 heavy (non-hydrogen) atoms. The largest absolute Gasteiger partial charge is 0.461 e. The molecule has 186 valence electrons. The quantitative estimate of drug-likeness (QED) is 0.485. The molecule has 0 atom stereocenters. The summed E-state index contributed by atoms with van der Waals surface area (Å²) in [5, 5.41) is 0. The molecule has 1 aliphatic heterocycles. The molecule has 0 saturated carbocycles. The average Bonchev–Trinajstić information content (AvgIpc) is 3.30. The summed E-state index contributed by atoms with van der Waals surface area (Å²) >= 11 is 0. The molecule has 1 aromatic carbocycles. The summed E-state index contributed by atoms with van der Waals surface area (Å²) in [6.07, 6.45) is 0.760. The summed E-state index contributed by atoms with van der Waals surface area (Å²) in [4.78, 5) is 30.6. The van der Waals surface area contributed by atoms with Gasteiger partial charge in [-0.25, -0.2) is 14.4 Å². The van der Waals surface area contributed by atoms with E-state index in [0.717, 1.165) is 0 Å². The molecule has 0 unspecified atom stereocenters. The second-order valence-electron chi connectivity index (χ2n) is 8.63. The van der Waals surface area contributed by atoms with E-state index in [-0.39, 0.29) is 30.9 Å². The van der Waals surface area contributed by atoms with Crippen molar-refractivity contribution < 1.29 is 28.1 Å². The number of rotatable bonds is 8. The smallest absolute Gasteiger partial charge is 0.317 e. The maximum atomic E-state index is 13.6. The number of ether oxygens (including phenoxy) is 4. The number of hydrogen-bond donors (Lipinski definition) is 1. The first kappa shape index (κ1) is 24.7. The molecule has 10 nitrogen and oxygen atoms in total. The highest BCUT2D eigenvalue weighted by Crippen LogP contribution is 2.36. The Hall–Kier alpha value is -3.41. The third-order valence-electron chi connectivity index (χ3n) is 5.50. The lowest BCUT2D eigenvalue weighted by Crippen LogP contribution is -2.48. The van der Waals surface area contributed by atoms with Gasteiger partial charge in [-0.15, -0.1) is 0 Å². The number of nitrogens with one attached hydrogen (secondary N) is 1. The van der Waals surface area contributed by atoms with Crippen molar-refractivity contribution in [1.82, 2.24) is 24.8 Å². The standard InChI is InChI=1S/C24H28FN5O5/c1-24(22(31)30(2)3)13-34-21(35-14-24)20-28-18(15-5-7-16(25)8-6-15)19(29-20)17-9-10-26-23(27-17)33-12-11-32-4/h5-10,21H,11-14H2,1-4H3,(H,28,29). The van der Waals surface area contributed by atoms with Gasteiger partial charge < -0.3 is 28.8 Å². The fraction of sp³-hybridized carbons (Fsp3) is 0.417. The van der Waals surface area contributed by atoms with Gasteiger partial charge in [0.15, 0.2) is 5.82 Å². The number of carbonyl (C=O) groups excluding carboxylic acids is 1. The van der Waals surface area contributed by atoms with E-state index in [4.69, 9.17) is 23.9 Å². The maximum absolute atomic E-state index is 13.6. The lowest BCUT2D eigenvalue weighted by atomic mass is 9.90. The Morgan fingerprint density at radius 1 is 1.17 bits per heavy atom. The van der Waals surface area contributed by atoms with Gasteiger partial charge >= 0.3 is 6.01 Å². The number of imidazole rings is 1. The van der Waals surface area contributed by atoms with Crippen LogP contribution in [0.5, 0.6) is 6.01 Å². The molecule has 1 N–H and O–H groups in total. The van der Waals surface area contributed by atoms with Gasteiger partial charge in [-0.1, -0.05) is 0 Å². The van der Waals surface area contributed by atoms with Crippen molar-refractivity contribution in [2.75, 3.05) is 47.6 Å².